The summed E-state index contributed by atoms with van der Waals surface area (Å²) in [4.78, 5) is 10.9. The minimum absolute atomic E-state index is 0.176. The molecule has 0 unspecified atom stereocenters. The fraction of sp³-hybridized carbons (Fsp3) is 0.667. The van der Waals surface area contributed by atoms with Crippen LogP contribution < -0.4 is 0 Å². The molecule has 0 aromatic carbocycles. The molecule has 2 rings (SSSR count). The molecule has 16 heavy (non-hydrogen) atoms. The second-order valence-corrected chi connectivity index (χ2v) is 4.80. The Morgan fingerprint density at radius 1 is 1.50 bits per heavy atom. The van der Waals surface area contributed by atoms with Crippen molar-refractivity contribution in [3.05, 3.63) is 17.5 Å². The quantitative estimate of drug-likeness (QED) is 0.855. The lowest BCUT2D eigenvalue weighted by Gasteiger charge is -2.15. The van der Waals surface area contributed by atoms with Crippen LogP contribution in [0, 0.1) is 0 Å². The lowest BCUT2D eigenvalue weighted by molar-refractivity contribution is 0.0689. The van der Waals surface area contributed by atoms with Crippen molar-refractivity contribution in [3.8, 4) is 0 Å². The topological polar surface area (TPSA) is 55.1 Å². The summed E-state index contributed by atoms with van der Waals surface area (Å²) < 4.78 is 1.95. The molecule has 1 saturated carbocycles. The molecular weight excluding hydrogens is 204 g/mol. The fourth-order valence-electron chi connectivity index (χ4n) is 2.39. The largest absolute Gasteiger partial charge is 0.476 e. The van der Waals surface area contributed by atoms with E-state index in [1.54, 1.807) is 6.07 Å². The maximum atomic E-state index is 10.9. The lowest BCUT2D eigenvalue weighted by Crippen LogP contribution is -2.12. The highest BCUT2D eigenvalue weighted by Gasteiger charge is 2.23. The van der Waals surface area contributed by atoms with Crippen molar-refractivity contribution >= 4 is 5.97 Å². The molecule has 4 nitrogen and oxygen atoms in total. The van der Waals surface area contributed by atoms with Crippen molar-refractivity contribution in [1.82, 2.24) is 9.78 Å². The number of hydrogen-bond donors (Lipinski definition) is 1. The van der Waals surface area contributed by atoms with Gasteiger partial charge < -0.3 is 5.11 Å². The van der Waals surface area contributed by atoms with Gasteiger partial charge in [0.05, 0.1) is 6.04 Å². The van der Waals surface area contributed by atoms with Gasteiger partial charge >= 0.3 is 5.97 Å². The summed E-state index contributed by atoms with van der Waals surface area (Å²) in [5, 5.41) is 13.2. The Kier molecular flexibility index (Phi) is 2.99. The molecule has 0 bridgehead atoms. The molecule has 1 fully saturated rings. The fourth-order valence-corrected chi connectivity index (χ4v) is 2.39. The minimum Gasteiger partial charge on any atom is -0.476 e. The predicted octanol–water partition coefficient (Wildman–Crippen LogP) is 2.82. The van der Waals surface area contributed by atoms with Gasteiger partial charge in [-0.05, 0) is 24.8 Å². The Morgan fingerprint density at radius 2 is 2.12 bits per heavy atom. The van der Waals surface area contributed by atoms with Gasteiger partial charge in [0.25, 0.3) is 0 Å². The predicted molar refractivity (Wildman–Crippen MR) is 60.8 cm³/mol. The highest BCUT2D eigenvalue weighted by Crippen LogP contribution is 2.32. The first-order valence-corrected chi connectivity index (χ1v) is 5.92. The Labute approximate surface area is 95.3 Å². The standard InChI is InChI=1S/C12H18N2O2/c1-8(2)11-7-10(12(15)16)13-14(11)9-5-3-4-6-9/h7-9H,3-6H2,1-2H3,(H,15,16). The molecular formula is C12H18N2O2. The number of aromatic nitrogens is 2. The third-order valence-corrected chi connectivity index (χ3v) is 3.25. The van der Waals surface area contributed by atoms with E-state index in [1.807, 2.05) is 4.68 Å². The van der Waals surface area contributed by atoms with Crippen LogP contribution in [-0.2, 0) is 0 Å². The zero-order valence-electron chi connectivity index (χ0n) is 9.81. The molecule has 1 aliphatic rings. The summed E-state index contributed by atoms with van der Waals surface area (Å²) >= 11 is 0. The maximum Gasteiger partial charge on any atom is 0.356 e. The third kappa shape index (κ3) is 1.96. The first-order chi connectivity index (χ1) is 7.59. The molecule has 0 amide bonds. The molecule has 1 N–H and O–H groups in total. The molecule has 0 saturated heterocycles. The van der Waals surface area contributed by atoms with E-state index in [0.717, 1.165) is 18.5 Å². The average Bonchev–Trinajstić information content (AvgIpc) is 2.86. The molecule has 1 heterocycles. The van der Waals surface area contributed by atoms with Crippen LogP contribution in [0.2, 0.25) is 0 Å². The van der Waals surface area contributed by atoms with Gasteiger partial charge in [0.2, 0.25) is 0 Å². The van der Waals surface area contributed by atoms with E-state index in [1.165, 1.54) is 12.8 Å². The summed E-state index contributed by atoms with van der Waals surface area (Å²) in [6.07, 6.45) is 4.70. The molecule has 1 aromatic heterocycles. The lowest BCUT2D eigenvalue weighted by atomic mass is 10.1. The maximum absolute atomic E-state index is 10.9. The van der Waals surface area contributed by atoms with Crippen LogP contribution in [0.25, 0.3) is 0 Å². The van der Waals surface area contributed by atoms with E-state index in [9.17, 15) is 4.79 Å². The number of hydrogen-bond acceptors (Lipinski definition) is 2. The highest BCUT2D eigenvalue weighted by molar-refractivity contribution is 5.85. The van der Waals surface area contributed by atoms with Gasteiger partial charge in [0.15, 0.2) is 5.69 Å². The summed E-state index contributed by atoms with van der Waals surface area (Å²) in [5.41, 5.74) is 1.22. The van der Waals surface area contributed by atoms with Gasteiger partial charge in [0.1, 0.15) is 0 Å². The van der Waals surface area contributed by atoms with Crippen molar-refractivity contribution in [3.63, 3.8) is 0 Å². The second-order valence-electron chi connectivity index (χ2n) is 4.80. The smallest absolute Gasteiger partial charge is 0.356 e. The number of rotatable bonds is 3. The van der Waals surface area contributed by atoms with Crippen LogP contribution in [-0.4, -0.2) is 20.9 Å². The molecule has 0 spiro atoms. The molecule has 88 valence electrons. The van der Waals surface area contributed by atoms with Crippen molar-refractivity contribution in [2.24, 2.45) is 0 Å². The second kappa shape index (κ2) is 4.28. The molecule has 0 atom stereocenters. The van der Waals surface area contributed by atoms with Gasteiger partial charge in [0, 0.05) is 5.69 Å². The monoisotopic (exact) mass is 222 g/mol. The van der Waals surface area contributed by atoms with Crippen LogP contribution >= 0.6 is 0 Å². The SMILES string of the molecule is CC(C)c1cc(C(=O)O)nn1C1CCCC1. The van der Waals surface area contributed by atoms with E-state index in [-0.39, 0.29) is 5.69 Å². The summed E-state index contributed by atoms with van der Waals surface area (Å²) in [5.74, 6) is -0.611. The number of aromatic carboxylic acids is 1. The van der Waals surface area contributed by atoms with Crippen molar-refractivity contribution in [2.45, 2.75) is 51.5 Å². The number of carboxylic acids is 1. The van der Waals surface area contributed by atoms with Gasteiger partial charge in [-0.1, -0.05) is 26.7 Å². The Hall–Kier alpha value is -1.32. The first-order valence-electron chi connectivity index (χ1n) is 5.92. The number of nitrogens with zero attached hydrogens (tertiary/aromatic N) is 2. The van der Waals surface area contributed by atoms with Gasteiger partial charge in [-0.25, -0.2) is 4.79 Å². The molecule has 0 radical (unpaired) electrons. The Bertz CT molecular complexity index is 390. The van der Waals surface area contributed by atoms with Crippen molar-refractivity contribution < 1.29 is 9.90 Å². The Morgan fingerprint density at radius 3 is 2.62 bits per heavy atom. The average molecular weight is 222 g/mol. The normalized spacial score (nSPS) is 17.2. The van der Waals surface area contributed by atoms with E-state index < -0.39 is 5.97 Å². The third-order valence-electron chi connectivity index (χ3n) is 3.25. The van der Waals surface area contributed by atoms with Crippen LogP contribution in [0.15, 0.2) is 6.07 Å². The van der Waals surface area contributed by atoms with E-state index in [4.69, 9.17) is 5.11 Å². The van der Waals surface area contributed by atoms with Crippen LogP contribution in [0.3, 0.4) is 0 Å². The van der Waals surface area contributed by atoms with Crippen molar-refractivity contribution in [2.75, 3.05) is 0 Å². The molecule has 1 aliphatic carbocycles. The van der Waals surface area contributed by atoms with E-state index in [2.05, 4.69) is 18.9 Å². The minimum atomic E-state index is -0.932. The van der Waals surface area contributed by atoms with Gasteiger partial charge in [-0.2, -0.15) is 5.10 Å². The first kappa shape index (κ1) is 11.2. The van der Waals surface area contributed by atoms with Gasteiger partial charge in [-0.3, -0.25) is 4.68 Å². The van der Waals surface area contributed by atoms with Gasteiger partial charge in [-0.15, -0.1) is 0 Å². The van der Waals surface area contributed by atoms with Crippen molar-refractivity contribution in [1.29, 1.82) is 0 Å². The summed E-state index contributed by atoms with van der Waals surface area (Å²) in [7, 11) is 0. The number of carboxylic acid groups (broad SMARTS) is 1. The summed E-state index contributed by atoms with van der Waals surface area (Å²) in [6, 6.07) is 2.12. The van der Waals surface area contributed by atoms with Crippen LogP contribution in [0.4, 0.5) is 0 Å². The molecule has 1 aromatic rings. The molecule has 0 aliphatic heterocycles. The van der Waals surface area contributed by atoms with E-state index in [0.29, 0.717) is 12.0 Å². The number of carbonyl (C=O) groups is 1. The zero-order chi connectivity index (χ0) is 11.7. The van der Waals surface area contributed by atoms with E-state index >= 15 is 0 Å². The zero-order valence-corrected chi connectivity index (χ0v) is 9.81. The highest BCUT2D eigenvalue weighted by atomic mass is 16.4. The summed E-state index contributed by atoms with van der Waals surface area (Å²) in [6.45, 7) is 4.15. The van der Waals surface area contributed by atoms with Crippen LogP contribution in [0.5, 0.6) is 0 Å². The molecule has 4 heteroatoms. The van der Waals surface area contributed by atoms with Crippen LogP contribution in [0.1, 0.15) is 67.7 Å². The Balaban J connectivity index is 2.37.